The van der Waals surface area contributed by atoms with Gasteiger partial charge in [-0.15, -0.1) is 0 Å². The molecule has 1 aromatic heterocycles. The zero-order valence-electron chi connectivity index (χ0n) is 10.6. The summed E-state index contributed by atoms with van der Waals surface area (Å²) in [6, 6.07) is 3.81. The molecule has 4 nitrogen and oxygen atoms in total. The van der Waals surface area contributed by atoms with E-state index in [-0.39, 0.29) is 29.8 Å². The second-order valence-electron chi connectivity index (χ2n) is 5.54. The van der Waals surface area contributed by atoms with Crippen molar-refractivity contribution in [2.24, 2.45) is 11.8 Å². The number of hydrogen-bond donors (Lipinski definition) is 1. The first kappa shape index (κ1) is 11.8. The molecular weight excluding hydrogens is 230 g/mol. The SMILES string of the molecule is CC(O)C1CCN(C(=O)C2CC2c2ccco2)C1. The first-order valence-corrected chi connectivity index (χ1v) is 6.67. The van der Waals surface area contributed by atoms with Crippen LogP contribution in [0.4, 0.5) is 0 Å². The summed E-state index contributed by atoms with van der Waals surface area (Å²) in [6.45, 7) is 3.30. The fraction of sp³-hybridized carbons (Fsp3) is 0.643. The van der Waals surface area contributed by atoms with E-state index in [1.807, 2.05) is 17.0 Å². The van der Waals surface area contributed by atoms with E-state index in [1.165, 1.54) is 0 Å². The monoisotopic (exact) mass is 249 g/mol. The Morgan fingerprint density at radius 2 is 2.44 bits per heavy atom. The van der Waals surface area contributed by atoms with Gasteiger partial charge < -0.3 is 14.4 Å². The highest BCUT2D eigenvalue weighted by Crippen LogP contribution is 2.49. The molecule has 2 aliphatic rings. The van der Waals surface area contributed by atoms with Crippen molar-refractivity contribution in [3.05, 3.63) is 24.2 Å². The Morgan fingerprint density at radius 1 is 1.61 bits per heavy atom. The van der Waals surface area contributed by atoms with Crippen LogP contribution < -0.4 is 0 Å². The van der Waals surface area contributed by atoms with Crippen LogP contribution in [0.1, 0.15) is 31.4 Å². The number of hydrogen-bond acceptors (Lipinski definition) is 3. The Hall–Kier alpha value is -1.29. The van der Waals surface area contributed by atoms with E-state index in [9.17, 15) is 9.90 Å². The molecule has 0 spiro atoms. The summed E-state index contributed by atoms with van der Waals surface area (Å²) < 4.78 is 5.35. The molecule has 3 rings (SSSR count). The number of carbonyl (C=O) groups excluding carboxylic acids is 1. The number of rotatable bonds is 3. The van der Waals surface area contributed by atoms with E-state index < -0.39 is 0 Å². The maximum absolute atomic E-state index is 12.3. The van der Waals surface area contributed by atoms with E-state index in [4.69, 9.17) is 4.42 Å². The summed E-state index contributed by atoms with van der Waals surface area (Å²) in [7, 11) is 0. The smallest absolute Gasteiger partial charge is 0.226 e. The second-order valence-corrected chi connectivity index (χ2v) is 5.54. The van der Waals surface area contributed by atoms with Crippen LogP contribution in [0, 0.1) is 11.8 Å². The lowest BCUT2D eigenvalue weighted by Crippen LogP contribution is -2.31. The van der Waals surface area contributed by atoms with Gasteiger partial charge in [-0.3, -0.25) is 4.79 Å². The molecule has 1 amide bonds. The average Bonchev–Trinajstić information content (AvgIpc) is 2.84. The van der Waals surface area contributed by atoms with Crippen molar-refractivity contribution in [3.63, 3.8) is 0 Å². The number of aliphatic hydroxyl groups is 1. The van der Waals surface area contributed by atoms with Crippen molar-refractivity contribution >= 4 is 5.91 Å². The molecule has 1 N–H and O–H groups in total. The average molecular weight is 249 g/mol. The van der Waals surface area contributed by atoms with Gasteiger partial charge in [-0.1, -0.05) is 0 Å². The molecule has 18 heavy (non-hydrogen) atoms. The molecule has 0 bridgehead atoms. The van der Waals surface area contributed by atoms with Crippen LogP contribution in [-0.2, 0) is 4.79 Å². The van der Waals surface area contributed by atoms with Gasteiger partial charge in [0.1, 0.15) is 5.76 Å². The Labute approximate surface area is 107 Å². The summed E-state index contributed by atoms with van der Waals surface area (Å²) in [4.78, 5) is 14.2. The van der Waals surface area contributed by atoms with Gasteiger partial charge in [0, 0.05) is 30.8 Å². The van der Waals surface area contributed by atoms with E-state index in [0.717, 1.165) is 25.1 Å². The lowest BCUT2D eigenvalue weighted by Gasteiger charge is -2.17. The molecule has 4 unspecified atom stereocenters. The summed E-state index contributed by atoms with van der Waals surface area (Å²) in [5.74, 6) is 1.79. The van der Waals surface area contributed by atoms with Crippen LogP contribution in [0.15, 0.2) is 22.8 Å². The third kappa shape index (κ3) is 2.05. The third-order valence-electron chi connectivity index (χ3n) is 4.23. The Kier molecular flexibility index (Phi) is 2.90. The number of nitrogens with zero attached hydrogens (tertiary/aromatic N) is 1. The van der Waals surface area contributed by atoms with Gasteiger partial charge in [0.25, 0.3) is 0 Å². The highest BCUT2D eigenvalue weighted by molar-refractivity contribution is 5.83. The lowest BCUT2D eigenvalue weighted by molar-refractivity contribution is -0.131. The maximum Gasteiger partial charge on any atom is 0.226 e. The van der Waals surface area contributed by atoms with Gasteiger partial charge in [0.05, 0.1) is 12.4 Å². The van der Waals surface area contributed by atoms with Crippen molar-refractivity contribution in [1.29, 1.82) is 0 Å². The van der Waals surface area contributed by atoms with Crippen molar-refractivity contribution in [2.45, 2.75) is 31.8 Å². The Morgan fingerprint density at radius 3 is 3.06 bits per heavy atom. The largest absolute Gasteiger partial charge is 0.469 e. The van der Waals surface area contributed by atoms with Gasteiger partial charge in [0.2, 0.25) is 5.91 Å². The van der Waals surface area contributed by atoms with Crippen molar-refractivity contribution in [2.75, 3.05) is 13.1 Å². The first-order chi connectivity index (χ1) is 8.66. The number of amides is 1. The molecule has 1 aliphatic carbocycles. The summed E-state index contributed by atoms with van der Waals surface area (Å²) in [5, 5.41) is 9.56. The third-order valence-corrected chi connectivity index (χ3v) is 4.23. The molecule has 1 saturated carbocycles. The van der Waals surface area contributed by atoms with Gasteiger partial charge in [0.15, 0.2) is 0 Å². The minimum Gasteiger partial charge on any atom is -0.469 e. The number of aliphatic hydroxyl groups excluding tert-OH is 1. The predicted molar refractivity (Wildman–Crippen MR) is 65.9 cm³/mol. The van der Waals surface area contributed by atoms with Crippen molar-refractivity contribution in [3.8, 4) is 0 Å². The molecule has 4 atom stereocenters. The molecule has 0 aromatic carbocycles. The fourth-order valence-corrected chi connectivity index (χ4v) is 2.90. The topological polar surface area (TPSA) is 53.7 Å². The maximum atomic E-state index is 12.3. The van der Waals surface area contributed by atoms with Crippen LogP contribution in [0.25, 0.3) is 0 Å². The normalized spacial score (nSPS) is 32.6. The Bertz CT molecular complexity index is 426. The van der Waals surface area contributed by atoms with E-state index in [0.29, 0.717) is 6.54 Å². The predicted octanol–water partition coefficient (Wildman–Crippen LogP) is 1.61. The molecule has 4 heteroatoms. The van der Waals surface area contributed by atoms with E-state index in [1.54, 1.807) is 13.2 Å². The molecule has 1 aromatic rings. The van der Waals surface area contributed by atoms with Gasteiger partial charge >= 0.3 is 0 Å². The van der Waals surface area contributed by atoms with Crippen molar-refractivity contribution < 1.29 is 14.3 Å². The number of likely N-dealkylation sites (tertiary alicyclic amines) is 1. The van der Waals surface area contributed by atoms with Crippen LogP contribution >= 0.6 is 0 Å². The molecule has 2 fully saturated rings. The van der Waals surface area contributed by atoms with Gasteiger partial charge in [-0.25, -0.2) is 0 Å². The summed E-state index contributed by atoms with van der Waals surface area (Å²) in [5.41, 5.74) is 0. The first-order valence-electron chi connectivity index (χ1n) is 6.67. The van der Waals surface area contributed by atoms with Crippen LogP contribution in [0.2, 0.25) is 0 Å². The standard InChI is InChI=1S/C14H19NO3/c1-9(16)10-4-5-15(8-10)14(17)12-7-11(12)13-3-2-6-18-13/h2-3,6,9-12,16H,4-5,7-8H2,1H3. The molecule has 0 radical (unpaired) electrons. The lowest BCUT2D eigenvalue weighted by atomic mass is 10.0. The molecule has 1 saturated heterocycles. The zero-order chi connectivity index (χ0) is 12.7. The molecular formula is C14H19NO3. The van der Waals surface area contributed by atoms with Crippen molar-refractivity contribution in [1.82, 2.24) is 4.90 Å². The van der Waals surface area contributed by atoms with Crippen LogP contribution in [0.3, 0.4) is 0 Å². The second kappa shape index (κ2) is 4.43. The minimum atomic E-state index is -0.317. The van der Waals surface area contributed by atoms with Gasteiger partial charge in [-0.05, 0) is 31.9 Å². The number of carbonyl (C=O) groups is 1. The molecule has 2 heterocycles. The minimum absolute atomic E-state index is 0.101. The summed E-state index contributed by atoms with van der Waals surface area (Å²) >= 11 is 0. The molecule has 1 aliphatic heterocycles. The highest BCUT2D eigenvalue weighted by atomic mass is 16.3. The van der Waals surface area contributed by atoms with E-state index >= 15 is 0 Å². The fourth-order valence-electron chi connectivity index (χ4n) is 2.90. The Balaban J connectivity index is 1.58. The molecule has 98 valence electrons. The van der Waals surface area contributed by atoms with Crippen LogP contribution in [-0.4, -0.2) is 35.1 Å². The van der Waals surface area contributed by atoms with E-state index in [2.05, 4.69) is 0 Å². The highest BCUT2D eigenvalue weighted by Gasteiger charge is 2.48. The van der Waals surface area contributed by atoms with Crippen LogP contribution in [0.5, 0.6) is 0 Å². The quantitative estimate of drug-likeness (QED) is 0.885. The zero-order valence-corrected chi connectivity index (χ0v) is 10.6. The number of furan rings is 1. The summed E-state index contributed by atoms with van der Waals surface area (Å²) in [6.07, 6.45) is 3.17. The van der Waals surface area contributed by atoms with Gasteiger partial charge in [-0.2, -0.15) is 0 Å².